The Hall–Kier alpha value is -0.920. The van der Waals surface area contributed by atoms with Crippen LogP contribution in [0.5, 0.6) is 0 Å². The van der Waals surface area contributed by atoms with Gasteiger partial charge in [0.2, 0.25) is 10.0 Å². The number of rotatable bonds is 8. The zero-order chi connectivity index (χ0) is 15.6. The molecule has 1 fully saturated rings. The second-order valence-electron chi connectivity index (χ2n) is 5.97. The zero-order valence-electron chi connectivity index (χ0n) is 13.0. The lowest BCUT2D eigenvalue weighted by Crippen LogP contribution is -2.30. The predicted molar refractivity (Wildman–Crippen MR) is 80.5 cm³/mol. The van der Waals surface area contributed by atoms with Gasteiger partial charge in [0.15, 0.2) is 0 Å². The molecule has 0 amide bonds. The van der Waals surface area contributed by atoms with Crippen LogP contribution in [-0.4, -0.2) is 36.5 Å². The van der Waals surface area contributed by atoms with E-state index in [1.165, 1.54) is 12.8 Å². The van der Waals surface area contributed by atoms with E-state index in [4.69, 9.17) is 5.11 Å². The lowest BCUT2D eigenvalue weighted by atomic mass is 10.1. The Morgan fingerprint density at radius 1 is 1.43 bits per heavy atom. The van der Waals surface area contributed by atoms with Crippen molar-refractivity contribution in [3.05, 3.63) is 11.4 Å². The highest BCUT2D eigenvalue weighted by Gasteiger charge is 2.30. The summed E-state index contributed by atoms with van der Waals surface area (Å²) in [6.07, 6.45) is 2.98. The summed E-state index contributed by atoms with van der Waals surface area (Å²) in [5, 5.41) is 13.2. The van der Waals surface area contributed by atoms with Gasteiger partial charge in [-0.15, -0.1) is 0 Å². The Labute approximate surface area is 126 Å². The molecule has 1 atom stereocenters. The summed E-state index contributed by atoms with van der Waals surface area (Å²) in [4.78, 5) is 0.281. The van der Waals surface area contributed by atoms with Crippen molar-refractivity contribution in [2.45, 2.75) is 51.5 Å². The number of aliphatic hydroxyl groups excluding tert-OH is 1. The van der Waals surface area contributed by atoms with E-state index in [9.17, 15) is 8.42 Å². The number of aliphatic hydroxyl groups is 1. The maximum atomic E-state index is 12.5. The van der Waals surface area contributed by atoms with Crippen molar-refractivity contribution in [3.63, 3.8) is 0 Å². The van der Waals surface area contributed by atoms with Crippen LogP contribution in [0.25, 0.3) is 0 Å². The Morgan fingerprint density at radius 3 is 2.67 bits per heavy atom. The van der Waals surface area contributed by atoms with E-state index in [1.807, 2.05) is 0 Å². The van der Waals surface area contributed by atoms with Crippen molar-refractivity contribution >= 4 is 10.0 Å². The molecule has 0 aromatic carbocycles. The summed E-state index contributed by atoms with van der Waals surface area (Å²) in [5.74, 6) is 1.05. The minimum Gasteiger partial charge on any atom is -0.396 e. The molecule has 1 aliphatic rings. The summed E-state index contributed by atoms with van der Waals surface area (Å²) < 4.78 is 29.4. The number of hydrogen-bond acceptors (Lipinski definition) is 4. The maximum absolute atomic E-state index is 12.5. The fourth-order valence-electron chi connectivity index (χ4n) is 2.65. The molecule has 2 N–H and O–H groups in total. The number of nitrogens with one attached hydrogen (secondary N) is 1. The fraction of sp³-hybridized carbons (Fsp3) is 0.786. The molecule has 0 bridgehead atoms. The predicted octanol–water partition coefficient (Wildman–Crippen LogP) is 1.21. The van der Waals surface area contributed by atoms with E-state index in [2.05, 4.69) is 16.7 Å². The topological polar surface area (TPSA) is 84.2 Å². The Bertz CT molecular complexity index is 591. The minimum absolute atomic E-state index is 0.0670. The normalized spacial score (nSPS) is 17.1. The average molecular weight is 315 g/mol. The minimum atomic E-state index is -3.52. The van der Waals surface area contributed by atoms with Gasteiger partial charge in [-0.25, -0.2) is 13.1 Å². The molecule has 1 heterocycles. The Balaban J connectivity index is 2.12. The molecule has 1 saturated carbocycles. The molecule has 1 unspecified atom stereocenters. The summed E-state index contributed by atoms with van der Waals surface area (Å²) in [5.41, 5.74) is 1.14. The van der Waals surface area contributed by atoms with Crippen LogP contribution in [0.4, 0.5) is 0 Å². The number of sulfonamides is 1. The summed E-state index contributed by atoms with van der Waals surface area (Å²) in [6.45, 7) is 6.63. The van der Waals surface area contributed by atoms with Gasteiger partial charge in [-0.05, 0) is 44.9 Å². The van der Waals surface area contributed by atoms with Crippen molar-refractivity contribution < 1.29 is 13.5 Å². The van der Waals surface area contributed by atoms with Crippen LogP contribution in [0.15, 0.2) is 4.90 Å². The highest BCUT2D eigenvalue weighted by atomic mass is 32.2. The zero-order valence-corrected chi connectivity index (χ0v) is 13.8. The van der Waals surface area contributed by atoms with Gasteiger partial charge in [0.05, 0.1) is 11.4 Å². The van der Waals surface area contributed by atoms with Gasteiger partial charge < -0.3 is 5.11 Å². The third kappa shape index (κ3) is 3.84. The first-order valence-corrected chi connectivity index (χ1v) is 8.99. The van der Waals surface area contributed by atoms with E-state index in [0.29, 0.717) is 42.7 Å². The molecular formula is C14H25N3O3S. The summed E-state index contributed by atoms with van der Waals surface area (Å²) in [7, 11) is -3.52. The molecule has 2 rings (SSSR count). The average Bonchev–Trinajstić information content (AvgIpc) is 3.21. The summed E-state index contributed by atoms with van der Waals surface area (Å²) in [6, 6.07) is 0. The SMILES string of the molecule is Cc1nn(CCCO)c(C)c1S(=O)(=O)NCC(C)C1CC1. The highest BCUT2D eigenvalue weighted by molar-refractivity contribution is 7.89. The first kappa shape index (κ1) is 16.5. The molecule has 0 radical (unpaired) electrons. The molecule has 7 heteroatoms. The van der Waals surface area contributed by atoms with E-state index in [-0.39, 0.29) is 11.5 Å². The van der Waals surface area contributed by atoms with Crippen molar-refractivity contribution in [2.24, 2.45) is 11.8 Å². The van der Waals surface area contributed by atoms with Crippen LogP contribution in [0.1, 0.15) is 37.6 Å². The quantitative estimate of drug-likeness (QED) is 0.755. The van der Waals surface area contributed by atoms with E-state index >= 15 is 0 Å². The molecule has 6 nitrogen and oxygen atoms in total. The van der Waals surface area contributed by atoms with E-state index in [1.54, 1.807) is 18.5 Å². The molecule has 21 heavy (non-hydrogen) atoms. The smallest absolute Gasteiger partial charge is 0.244 e. The first-order valence-electron chi connectivity index (χ1n) is 7.51. The van der Waals surface area contributed by atoms with Gasteiger partial charge in [-0.3, -0.25) is 4.68 Å². The highest BCUT2D eigenvalue weighted by Crippen LogP contribution is 2.36. The van der Waals surface area contributed by atoms with Crippen LogP contribution in [0.2, 0.25) is 0 Å². The van der Waals surface area contributed by atoms with Crippen LogP contribution in [-0.2, 0) is 16.6 Å². The van der Waals surface area contributed by atoms with Gasteiger partial charge in [-0.1, -0.05) is 6.92 Å². The van der Waals surface area contributed by atoms with Gasteiger partial charge in [0.25, 0.3) is 0 Å². The third-order valence-corrected chi connectivity index (χ3v) is 5.81. The molecule has 1 aliphatic carbocycles. The number of hydrogen-bond donors (Lipinski definition) is 2. The van der Waals surface area contributed by atoms with Crippen molar-refractivity contribution in [2.75, 3.05) is 13.2 Å². The standard InChI is InChI=1S/C14H25N3O3S/c1-10(13-5-6-13)9-15-21(19,20)14-11(2)16-17(12(14)3)7-4-8-18/h10,13,15,18H,4-9H2,1-3H3. The van der Waals surface area contributed by atoms with Crippen LogP contribution >= 0.6 is 0 Å². The molecule has 0 spiro atoms. The fourth-order valence-corrected chi connectivity index (χ4v) is 4.20. The number of aryl methyl sites for hydroxylation is 2. The van der Waals surface area contributed by atoms with Crippen LogP contribution in [0.3, 0.4) is 0 Å². The molecule has 1 aromatic rings. The van der Waals surface area contributed by atoms with Crippen molar-refractivity contribution in [1.29, 1.82) is 0 Å². The maximum Gasteiger partial charge on any atom is 0.244 e. The monoisotopic (exact) mass is 315 g/mol. The second kappa shape index (κ2) is 6.46. The molecular weight excluding hydrogens is 290 g/mol. The van der Waals surface area contributed by atoms with Gasteiger partial charge in [-0.2, -0.15) is 5.10 Å². The largest absolute Gasteiger partial charge is 0.396 e. The van der Waals surface area contributed by atoms with Gasteiger partial charge in [0.1, 0.15) is 4.90 Å². The van der Waals surface area contributed by atoms with Gasteiger partial charge >= 0.3 is 0 Å². The van der Waals surface area contributed by atoms with Crippen LogP contribution in [0, 0.1) is 25.7 Å². The van der Waals surface area contributed by atoms with Crippen molar-refractivity contribution in [3.8, 4) is 0 Å². The molecule has 0 aliphatic heterocycles. The Kier molecular flexibility index (Phi) is 5.06. The lowest BCUT2D eigenvalue weighted by molar-refractivity contribution is 0.276. The number of nitrogens with zero attached hydrogens (tertiary/aromatic N) is 2. The lowest BCUT2D eigenvalue weighted by Gasteiger charge is -2.12. The van der Waals surface area contributed by atoms with Gasteiger partial charge in [0, 0.05) is 19.7 Å². The molecule has 1 aromatic heterocycles. The second-order valence-corrected chi connectivity index (χ2v) is 7.67. The third-order valence-electron chi connectivity index (χ3n) is 4.13. The number of aromatic nitrogens is 2. The molecule has 0 saturated heterocycles. The van der Waals surface area contributed by atoms with E-state index < -0.39 is 10.0 Å². The first-order chi connectivity index (χ1) is 9.86. The Morgan fingerprint density at radius 2 is 2.10 bits per heavy atom. The summed E-state index contributed by atoms with van der Waals surface area (Å²) >= 11 is 0. The van der Waals surface area contributed by atoms with Crippen LogP contribution < -0.4 is 4.72 Å². The van der Waals surface area contributed by atoms with Crippen molar-refractivity contribution in [1.82, 2.24) is 14.5 Å². The molecule has 120 valence electrons. The van der Waals surface area contributed by atoms with E-state index in [0.717, 1.165) is 0 Å².